The summed E-state index contributed by atoms with van der Waals surface area (Å²) >= 11 is 7.18. The second-order valence-corrected chi connectivity index (χ2v) is 6.09. The molecule has 1 N–H and O–H groups in total. The Bertz CT molecular complexity index is 539. The molecular formula is C14H13ClF3NS. The van der Waals surface area contributed by atoms with Crippen molar-refractivity contribution in [2.75, 3.05) is 6.54 Å². The van der Waals surface area contributed by atoms with Crippen LogP contribution >= 0.6 is 22.9 Å². The summed E-state index contributed by atoms with van der Waals surface area (Å²) in [6.07, 6.45) is -3.79. The topological polar surface area (TPSA) is 12.0 Å². The molecule has 1 aromatic carbocycles. The highest BCUT2D eigenvalue weighted by Gasteiger charge is 2.40. The third-order valence-corrected chi connectivity index (χ3v) is 4.10. The molecule has 108 valence electrons. The summed E-state index contributed by atoms with van der Waals surface area (Å²) in [6.45, 7) is 0.246. The monoisotopic (exact) mass is 319 g/mol. The van der Waals surface area contributed by atoms with Gasteiger partial charge < -0.3 is 5.32 Å². The highest BCUT2D eigenvalue weighted by molar-refractivity contribution is 7.16. The molecule has 0 fully saturated rings. The van der Waals surface area contributed by atoms with Gasteiger partial charge in [-0.15, -0.1) is 11.3 Å². The van der Waals surface area contributed by atoms with Crippen molar-refractivity contribution in [1.82, 2.24) is 5.32 Å². The highest BCUT2D eigenvalue weighted by atomic mass is 35.5. The van der Waals surface area contributed by atoms with E-state index in [1.165, 1.54) is 23.5 Å². The SMILES string of the molecule is FC(F)(F)C(NCCc1ccc(Cl)s1)c1ccccc1. The van der Waals surface area contributed by atoms with Gasteiger partial charge in [-0.1, -0.05) is 41.9 Å². The third-order valence-electron chi connectivity index (χ3n) is 2.81. The van der Waals surface area contributed by atoms with Crippen molar-refractivity contribution in [3.8, 4) is 0 Å². The second-order valence-electron chi connectivity index (χ2n) is 4.30. The Kier molecular flexibility index (Phi) is 5.07. The standard InChI is InChI=1S/C14H13ClF3NS/c15-12-7-6-11(20-12)8-9-19-13(14(16,17)18)10-4-2-1-3-5-10/h1-7,13,19H,8-9H2. The van der Waals surface area contributed by atoms with Crippen LogP contribution in [0.5, 0.6) is 0 Å². The number of hydrogen-bond acceptors (Lipinski definition) is 2. The van der Waals surface area contributed by atoms with Gasteiger partial charge in [-0.05, 0) is 24.1 Å². The molecule has 2 rings (SSSR count). The number of halogens is 4. The van der Waals surface area contributed by atoms with Gasteiger partial charge in [0.2, 0.25) is 0 Å². The van der Waals surface area contributed by atoms with E-state index in [0.29, 0.717) is 10.8 Å². The van der Waals surface area contributed by atoms with Crippen LogP contribution in [-0.2, 0) is 6.42 Å². The van der Waals surface area contributed by atoms with Gasteiger partial charge in [0.05, 0.1) is 4.34 Å². The fourth-order valence-corrected chi connectivity index (χ4v) is 2.98. The van der Waals surface area contributed by atoms with Gasteiger partial charge in [0, 0.05) is 11.4 Å². The van der Waals surface area contributed by atoms with E-state index in [9.17, 15) is 13.2 Å². The van der Waals surface area contributed by atoms with Gasteiger partial charge in [0.15, 0.2) is 0 Å². The minimum atomic E-state index is -4.31. The molecule has 0 aliphatic heterocycles. The lowest BCUT2D eigenvalue weighted by atomic mass is 10.1. The molecule has 0 radical (unpaired) electrons. The van der Waals surface area contributed by atoms with Gasteiger partial charge >= 0.3 is 6.18 Å². The maximum absolute atomic E-state index is 13.1. The first-order valence-electron chi connectivity index (χ1n) is 6.06. The molecule has 0 amide bonds. The van der Waals surface area contributed by atoms with Gasteiger partial charge in [-0.3, -0.25) is 0 Å². The number of thiophene rings is 1. The maximum Gasteiger partial charge on any atom is 0.407 e. The van der Waals surface area contributed by atoms with Gasteiger partial charge in [0.25, 0.3) is 0 Å². The second kappa shape index (κ2) is 6.61. The average Bonchev–Trinajstić information content (AvgIpc) is 2.80. The van der Waals surface area contributed by atoms with Crippen LogP contribution < -0.4 is 5.32 Å². The molecule has 0 bridgehead atoms. The van der Waals surface area contributed by atoms with E-state index in [-0.39, 0.29) is 12.1 Å². The van der Waals surface area contributed by atoms with E-state index < -0.39 is 12.2 Å². The number of benzene rings is 1. The molecule has 0 aliphatic rings. The van der Waals surface area contributed by atoms with Crippen LogP contribution in [0.3, 0.4) is 0 Å². The molecule has 6 heteroatoms. The summed E-state index contributed by atoms with van der Waals surface area (Å²) in [7, 11) is 0. The average molecular weight is 320 g/mol. The Balaban J connectivity index is 1.99. The van der Waals surface area contributed by atoms with Crippen LogP contribution in [0.1, 0.15) is 16.5 Å². The summed E-state index contributed by atoms with van der Waals surface area (Å²) in [5.41, 5.74) is 0.226. The fourth-order valence-electron chi connectivity index (χ4n) is 1.89. The van der Waals surface area contributed by atoms with Gasteiger partial charge in [-0.2, -0.15) is 13.2 Å². The molecule has 20 heavy (non-hydrogen) atoms. The fraction of sp³-hybridized carbons (Fsp3) is 0.286. The summed E-state index contributed by atoms with van der Waals surface area (Å²) in [6, 6.07) is 9.81. The van der Waals surface area contributed by atoms with E-state index >= 15 is 0 Å². The Hall–Kier alpha value is -1.04. The van der Waals surface area contributed by atoms with Gasteiger partial charge in [-0.25, -0.2) is 0 Å². The smallest absolute Gasteiger partial charge is 0.302 e. The number of alkyl halides is 3. The Labute approximate surface area is 124 Å². The van der Waals surface area contributed by atoms with Crippen LogP contribution in [0.15, 0.2) is 42.5 Å². The molecule has 0 saturated carbocycles. The minimum absolute atomic E-state index is 0.226. The highest BCUT2D eigenvalue weighted by Crippen LogP contribution is 2.32. The molecule has 1 nitrogen and oxygen atoms in total. The molecule has 1 unspecified atom stereocenters. The molecule has 1 aromatic heterocycles. The Morgan fingerprint density at radius 1 is 1.10 bits per heavy atom. The van der Waals surface area contributed by atoms with E-state index in [1.807, 2.05) is 6.07 Å². The molecule has 2 aromatic rings. The summed E-state index contributed by atoms with van der Waals surface area (Å²) in [5.74, 6) is 0. The van der Waals surface area contributed by atoms with Crippen LogP contribution in [-0.4, -0.2) is 12.7 Å². The van der Waals surface area contributed by atoms with Crippen molar-refractivity contribution in [3.05, 3.63) is 57.2 Å². The van der Waals surface area contributed by atoms with Crippen molar-refractivity contribution >= 4 is 22.9 Å². The van der Waals surface area contributed by atoms with Gasteiger partial charge in [0.1, 0.15) is 6.04 Å². The zero-order valence-corrected chi connectivity index (χ0v) is 12.0. The normalized spacial score (nSPS) is 13.4. The molecule has 1 heterocycles. The molecule has 1 atom stereocenters. The van der Waals surface area contributed by atoms with E-state index in [2.05, 4.69) is 5.32 Å². The molecule has 0 spiro atoms. The quantitative estimate of drug-likeness (QED) is 0.831. The molecule has 0 saturated heterocycles. The maximum atomic E-state index is 13.1. The van der Waals surface area contributed by atoms with Crippen LogP contribution in [0, 0.1) is 0 Å². The van der Waals surface area contributed by atoms with Crippen molar-refractivity contribution in [2.45, 2.75) is 18.6 Å². The first-order valence-corrected chi connectivity index (χ1v) is 7.25. The van der Waals surface area contributed by atoms with E-state index in [1.54, 1.807) is 24.3 Å². The largest absolute Gasteiger partial charge is 0.407 e. The molecular weight excluding hydrogens is 307 g/mol. The Morgan fingerprint density at radius 2 is 1.80 bits per heavy atom. The summed E-state index contributed by atoms with van der Waals surface area (Å²) in [4.78, 5) is 0.969. The van der Waals surface area contributed by atoms with Crippen LogP contribution in [0.25, 0.3) is 0 Å². The number of nitrogens with one attached hydrogen (secondary N) is 1. The zero-order chi connectivity index (χ0) is 14.6. The number of hydrogen-bond donors (Lipinski definition) is 1. The number of rotatable bonds is 5. The van der Waals surface area contributed by atoms with Crippen molar-refractivity contribution in [1.29, 1.82) is 0 Å². The van der Waals surface area contributed by atoms with E-state index in [0.717, 1.165) is 4.88 Å². The predicted octanol–water partition coefficient (Wildman–Crippen LogP) is 4.84. The summed E-state index contributed by atoms with van der Waals surface area (Å²) < 4.78 is 39.8. The molecule has 0 aliphatic carbocycles. The first-order chi connectivity index (χ1) is 9.47. The van der Waals surface area contributed by atoms with Crippen molar-refractivity contribution in [2.24, 2.45) is 0 Å². The minimum Gasteiger partial charge on any atom is -0.302 e. The summed E-state index contributed by atoms with van der Waals surface area (Å²) in [5, 5.41) is 2.57. The lowest BCUT2D eigenvalue weighted by Crippen LogP contribution is -2.35. The first kappa shape index (κ1) is 15.4. The van der Waals surface area contributed by atoms with Crippen LogP contribution in [0.2, 0.25) is 4.34 Å². The lowest BCUT2D eigenvalue weighted by Gasteiger charge is -2.22. The van der Waals surface area contributed by atoms with Crippen molar-refractivity contribution in [3.63, 3.8) is 0 Å². The predicted molar refractivity (Wildman–Crippen MR) is 76.3 cm³/mol. The Morgan fingerprint density at radius 3 is 2.35 bits per heavy atom. The van der Waals surface area contributed by atoms with Crippen molar-refractivity contribution < 1.29 is 13.2 Å². The third kappa shape index (κ3) is 4.23. The van der Waals surface area contributed by atoms with E-state index in [4.69, 9.17) is 11.6 Å². The van der Waals surface area contributed by atoms with Crippen LogP contribution in [0.4, 0.5) is 13.2 Å². The zero-order valence-electron chi connectivity index (χ0n) is 10.5. The lowest BCUT2D eigenvalue weighted by molar-refractivity contribution is -0.157.